The molecule has 4 rings (SSSR count). The van der Waals surface area contributed by atoms with E-state index in [1.54, 1.807) is 23.1 Å². The van der Waals surface area contributed by atoms with E-state index in [1.165, 1.54) is 18.2 Å². The Labute approximate surface area is 190 Å². The van der Waals surface area contributed by atoms with Crippen LogP contribution >= 0.6 is 23.2 Å². The number of carbonyl (C=O) groups excluding carboxylic acids is 2. The molecule has 2 N–H and O–H groups in total. The van der Waals surface area contributed by atoms with E-state index in [9.17, 15) is 22.8 Å². The highest BCUT2D eigenvalue weighted by atomic mass is 35.5. The lowest BCUT2D eigenvalue weighted by Crippen LogP contribution is -2.41. The van der Waals surface area contributed by atoms with Crippen LogP contribution in [0.1, 0.15) is 29.0 Å². The van der Waals surface area contributed by atoms with Crippen molar-refractivity contribution in [1.82, 2.24) is 14.9 Å². The van der Waals surface area contributed by atoms with Gasteiger partial charge in [0.05, 0.1) is 21.1 Å². The van der Waals surface area contributed by atoms with Crippen LogP contribution in [0.3, 0.4) is 0 Å². The maximum atomic E-state index is 12.8. The van der Waals surface area contributed by atoms with Crippen molar-refractivity contribution < 1.29 is 22.8 Å². The zero-order valence-corrected chi connectivity index (χ0v) is 18.0. The minimum atomic E-state index is -4.59. The van der Waals surface area contributed by atoms with Crippen LogP contribution in [-0.2, 0) is 11.0 Å². The summed E-state index contributed by atoms with van der Waals surface area (Å²) in [5.74, 6) is -1.86. The molecule has 1 aliphatic rings. The third kappa shape index (κ3) is 4.68. The number of benzene rings is 2. The van der Waals surface area contributed by atoms with Gasteiger partial charge in [0.1, 0.15) is 0 Å². The minimum Gasteiger partial charge on any atom is -0.339 e. The lowest BCUT2D eigenvalue weighted by molar-refractivity contribution is -0.144. The summed E-state index contributed by atoms with van der Waals surface area (Å²) in [7, 11) is 0. The van der Waals surface area contributed by atoms with E-state index in [0.29, 0.717) is 41.7 Å². The van der Waals surface area contributed by atoms with E-state index in [-0.39, 0.29) is 34.3 Å². The van der Waals surface area contributed by atoms with Crippen LogP contribution < -0.4 is 5.32 Å². The highest BCUT2D eigenvalue weighted by Gasteiger charge is 2.35. The zero-order chi connectivity index (χ0) is 23.0. The number of fused-ring (bicyclic) bond motifs is 1. The molecule has 2 amide bonds. The van der Waals surface area contributed by atoms with Crippen molar-refractivity contribution in [2.45, 2.75) is 19.0 Å². The molecule has 1 aromatic heterocycles. The fourth-order valence-corrected chi connectivity index (χ4v) is 3.92. The number of amides is 2. The second-order valence-electron chi connectivity index (χ2n) is 7.50. The summed E-state index contributed by atoms with van der Waals surface area (Å²) >= 11 is 11.8. The van der Waals surface area contributed by atoms with Gasteiger partial charge >= 0.3 is 6.18 Å². The quantitative estimate of drug-likeness (QED) is 0.523. The van der Waals surface area contributed by atoms with Gasteiger partial charge in [-0.3, -0.25) is 9.59 Å². The number of nitrogens with one attached hydrogen (secondary N) is 2. The van der Waals surface area contributed by atoms with Gasteiger partial charge in [0.2, 0.25) is 11.7 Å². The summed E-state index contributed by atoms with van der Waals surface area (Å²) in [6.07, 6.45) is -3.67. The van der Waals surface area contributed by atoms with Gasteiger partial charge in [0.15, 0.2) is 0 Å². The monoisotopic (exact) mass is 484 g/mol. The SMILES string of the molecule is O=C(Nc1ccc(Cl)c(Cl)c1)C1CCN(C(=O)c2ccc3nc(C(F)(F)F)[nH]c3c2)CC1. The van der Waals surface area contributed by atoms with Crippen molar-refractivity contribution in [3.8, 4) is 0 Å². The molecule has 0 bridgehead atoms. The molecule has 2 aromatic carbocycles. The Bertz CT molecular complexity index is 1190. The summed E-state index contributed by atoms with van der Waals surface area (Å²) in [4.78, 5) is 32.7. The molecule has 0 aliphatic carbocycles. The van der Waals surface area contributed by atoms with Crippen molar-refractivity contribution >= 4 is 51.7 Å². The number of alkyl halides is 3. The maximum Gasteiger partial charge on any atom is 0.449 e. The lowest BCUT2D eigenvalue weighted by atomic mass is 9.95. The van der Waals surface area contributed by atoms with Crippen molar-refractivity contribution in [3.63, 3.8) is 0 Å². The molecule has 1 aliphatic heterocycles. The van der Waals surface area contributed by atoms with Crippen LogP contribution in [0.15, 0.2) is 36.4 Å². The van der Waals surface area contributed by atoms with Gasteiger partial charge in [-0.1, -0.05) is 23.2 Å². The number of hydrogen-bond acceptors (Lipinski definition) is 3. The molecule has 3 aromatic rings. The van der Waals surface area contributed by atoms with Crippen molar-refractivity contribution in [2.75, 3.05) is 18.4 Å². The molecule has 1 saturated heterocycles. The summed E-state index contributed by atoms with van der Waals surface area (Å²) < 4.78 is 38.5. The number of halogens is 5. The van der Waals surface area contributed by atoms with E-state index in [4.69, 9.17) is 23.2 Å². The number of likely N-dealkylation sites (tertiary alicyclic amines) is 1. The van der Waals surface area contributed by atoms with Gasteiger partial charge in [-0.2, -0.15) is 13.2 Å². The second kappa shape index (κ2) is 8.63. The number of piperidine rings is 1. The Balaban J connectivity index is 1.38. The molecule has 0 saturated carbocycles. The predicted molar refractivity (Wildman–Crippen MR) is 115 cm³/mol. The Kier molecular flexibility index (Phi) is 6.05. The number of imidazole rings is 1. The highest BCUT2D eigenvalue weighted by Crippen LogP contribution is 2.29. The molecule has 6 nitrogen and oxygen atoms in total. The van der Waals surface area contributed by atoms with Crippen LogP contribution in [0, 0.1) is 5.92 Å². The van der Waals surface area contributed by atoms with Gasteiger partial charge in [-0.05, 0) is 49.2 Å². The molecule has 11 heteroatoms. The van der Waals surface area contributed by atoms with E-state index < -0.39 is 12.0 Å². The van der Waals surface area contributed by atoms with Gasteiger partial charge in [0.25, 0.3) is 5.91 Å². The summed E-state index contributed by atoms with van der Waals surface area (Å²) in [5, 5.41) is 3.52. The number of anilines is 1. The molecule has 1 fully saturated rings. The Morgan fingerprint density at radius 1 is 1.06 bits per heavy atom. The zero-order valence-electron chi connectivity index (χ0n) is 16.5. The summed E-state index contributed by atoms with van der Waals surface area (Å²) in [5.41, 5.74) is 1.06. The van der Waals surface area contributed by atoms with Gasteiger partial charge in [-0.15, -0.1) is 0 Å². The number of aromatic amines is 1. The third-order valence-corrected chi connectivity index (χ3v) is 6.08. The summed E-state index contributed by atoms with van der Waals surface area (Å²) in [6.45, 7) is 0.709. The second-order valence-corrected chi connectivity index (χ2v) is 8.31. The van der Waals surface area contributed by atoms with Crippen LogP contribution in [0.4, 0.5) is 18.9 Å². The van der Waals surface area contributed by atoms with E-state index in [2.05, 4.69) is 15.3 Å². The van der Waals surface area contributed by atoms with Crippen LogP contribution in [0.5, 0.6) is 0 Å². The maximum absolute atomic E-state index is 12.8. The Morgan fingerprint density at radius 2 is 1.78 bits per heavy atom. The first-order chi connectivity index (χ1) is 15.1. The molecule has 168 valence electrons. The van der Waals surface area contributed by atoms with E-state index in [0.717, 1.165) is 0 Å². The van der Waals surface area contributed by atoms with Crippen molar-refractivity contribution in [3.05, 3.63) is 57.8 Å². The largest absolute Gasteiger partial charge is 0.449 e. The van der Waals surface area contributed by atoms with Gasteiger partial charge in [0, 0.05) is 30.3 Å². The average Bonchev–Trinajstić information content (AvgIpc) is 3.20. The number of H-pyrrole nitrogens is 1. The number of aromatic nitrogens is 2. The van der Waals surface area contributed by atoms with E-state index in [1.807, 2.05) is 0 Å². The third-order valence-electron chi connectivity index (χ3n) is 5.34. The van der Waals surface area contributed by atoms with Crippen LogP contribution in [-0.4, -0.2) is 39.8 Å². The summed E-state index contributed by atoms with van der Waals surface area (Å²) in [6, 6.07) is 9.01. The van der Waals surface area contributed by atoms with Crippen molar-refractivity contribution in [2.24, 2.45) is 5.92 Å². The van der Waals surface area contributed by atoms with Gasteiger partial charge < -0.3 is 15.2 Å². The lowest BCUT2D eigenvalue weighted by Gasteiger charge is -2.31. The smallest absolute Gasteiger partial charge is 0.339 e. The van der Waals surface area contributed by atoms with E-state index >= 15 is 0 Å². The first-order valence-corrected chi connectivity index (χ1v) is 10.5. The molecule has 0 spiro atoms. The predicted octanol–water partition coefficient (Wildman–Crippen LogP) is 5.38. The fraction of sp³-hybridized carbons (Fsp3) is 0.286. The van der Waals surface area contributed by atoms with Crippen LogP contribution in [0.2, 0.25) is 10.0 Å². The fourth-order valence-electron chi connectivity index (χ4n) is 3.62. The molecule has 32 heavy (non-hydrogen) atoms. The number of hydrogen-bond donors (Lipinski definition) is 2. The standard InChI is InChI=1S/C21H17Cl2F3N4O2/c22-14-3-2-13(10-15(14)23)27-18(31)11-5-7-30(8-6-11)19(32)12-1-4-16-17(9-12)29-20(28-16)21(24,25)26/h1-4,9-11H,5-8H2,(H,27,31)(H,28,29). The van der Waals surface area contributed by atoms with Gasteiger partial charge in [-0.25, -0.2) is 4.98 Å². The highest BCUT2D eigenvalue weighted by molar-refractivity contribution is 6.42. The molecule has 0 atom stereocenters. The van der Waals surface area contributed by atoms with Crippen molar-refractivity contribution in [1.29, 1.82) is 0 Å². The number of rotatable bonds is 3. The molecular formula is C21H17Cl2F3N4O2. The Morgan fingerprint density at radius 3 is 2.44 bits per heavy atom. The van der Waals surface area contributed by atoms with Crippen LogP contribution in [0.25, 0.3) is 11.0 Å². The molecule has 2 heterocycles. The first-order valence-electron chi connectivity index (χ1n) is 9.74. The normalized spacial score (nSPS) is 15.2. The number of carbonyl (C=O) groups is 2. The molecular weight excluding hydrogens is 468 g/mol. The topological polar surface area (TPSA) is 78.1 Å². The number of nitrogens with zero attached hydrogens (tertiary/aromatic N) is 2. The molecule has 0 radical (unpaired) electrons. The first kappa shape index (κ1) is 22.4. The average molecular weight is 485 g/mol. The Hall–Kier alpha value is -2.78. The molecule has 0 unspecified atom stereocenters. The minimum absolute atomic E-state index is 0.131.